The summed E-state index contributed by atoms with van der Waals surface area (Å²) in [5.74, 6) is 0. The molecule has 0 nitrogen and oxygen atoms in total. The van der Waals surface area contributed by atoms with Gasteiger partial charge >= 0.3 is 319 Å². The third kappa shape index (κ3) is 6.51. The Bertz CT molecular complexity index is 1750. The molecule has 0 N–H and O–H groups in total. The van der Waals surface area contributed by atoms with Gasteiger partial charge in [-0.3, -0.25) is 0 Å². The van der Waals surface area contributed by atoms with Crippen molar-refractivity contribution in [3.05, 3.63) is 129 Å². The summed E-state index contributed by atoms with van der Waals surface area (Å²) in [7, 11) is -2.18. The predicted molar refractivity (Wildman–Crippen MR) is 217 cm³/mol. The van der Waals surface area contributed by atoms with Gasteiger partial charge in [0.15, 0.2) is 0 Å². The van der Waals surface area contributed by atoms with Crippen LogP contribution in [0.2, 0.25) is 13.1 Å². The molecule has 7 rings (SSSR count). The zero-order valence-electron chi connectivity index (χ0n) is 31.7. The average molecular weight is 754 g/mol. The van der Waals surface area contributed by atoms with E-state index in [-0.39, 0.29) is 0 Å². The molecule has 4 aromatic carbocycles. The molecule has 50 heavy (non-hydrogen) atoms. The molecule has 4 bridgehead atoms. The zero-order chi connectivity index (χ0) is 34.8. The van der Waals surface area contributed by atoms with Gasteiger partial charge in [0.05, 0.1) is 0 Å². The van der Waals surface area contributed by atoms with E-state index in [2.05, 4.69) is 126 Å². The summed E-state index contributed by atoms with van der Waals surface area (Å²) >= 11 is -0.972. The predicted octanol–water partition coefficient (Wildman–Crippen LogP) is 14.3. The normalized spacial score (nSPS) is 18.5. The van der Waals surface area contributed by atoms with E-state index >= 15 is 0 Å². The van der Waals surface area contributed by atoms with Crippen LogP contribution in [0.15, 0.2) is 96.1 Å². The van der Waals surface area contributed by atoms with Gasteiger partial charge in [0, 0.05) is 0 Å². The summed E-state index contributed by atoms with van der Waals surface area (Å²) in [6, 6.07) is 34.3. The molecular formula is C48H58SiZr. The van der Waals surface area contributed by atoms with Crippen molar-refractivity contribution in [3.63, 3.8) is 0 Å². The molecule has 3 aliphatic rings. The molecule has 0 saturated heterocycles. The summed E-state index contributed by atoms with van der Waals surface area (Å²) in [6.07, 6.45) is 15.1. The van der Waals surface area contributed by atoms with Crippen LogP contribution in [0.25, 0.3) is 32.6 Å². The van der Waals surface area contributed by atoms with Crippen molar-refractivity contribution in [2.45, 2.75) is 125 Å². The second-order valence-electron chi connectivity index (χ2n) is 15.8. The fourth-order valence-corrected chi connectivity index (χ4v) is 19.7. The number of benzene rings is 4. The van der Waals surface area contributed by atoms with Crippen molar-refractivity contribution in [1.29, 1.82) is 0 Å². The first-order chi connectivity index (χ1) is 24.4. The summed E-state index contributed by atoms with van der Waals surface area (Å²) in [5, 5.41) is 3.66. The Morgan fingerprint density at radius 1 is 0.480 bits per heavy atom. The molecule has 2 heteroatoms. The van der Waals surface area contributed by atoms with Gasteiger partial charge in [-0.05, 0) is 0 Å². The molecule has 4 aromatic rings. The van der Waals surface area contributed by atoms with Crippen LogP contribution in [0.3, 0.4) is 0 Å². The summed E-state index contributed by atoms with van der Waals surface area (Å²) in [4.78, 5) is 0. The van der Waals surface area contributed by atoms with E-state index in [9.17, 15) is 0 Å². The van der Waals surface area contributed by atoms with Gasteiger partial charge in [0.1, 0.15) is 0 Å². The van der Waals surface area contributed by atoms with E-state index in [1.807, 2.05) is 21.5 Å². The number of hydrogen-bond acceptors (Lipinski definition) is 0. The molecule has 0 radical (unpaired) electrons. The minimum absolute atomic E-state index is 0.682. The van der Waals surface area contributed by atoms with Crippen LogP contribution < -0.4 is 0 Å². The number of hydrogen-bond donors (Lipinski definition) is 0. The van der Waals surface area contributed by atoms with Gasteiger partial charge in [-0.1, -0.05) is 0 Å². The number of fused-ring (bicyclic) bond motifs is 8. The van der Waals surface area contributed by atoms with E-state index in [1.54, 1.807) is 22.3 Å². The molecule has 2 atom stereocenters. The Kier molecular flexibility index (Phi) is 11.2. The van der Waals surface area contributed by atoms with Crippen molar-refractivity contribution in [1.82, 2.24) is 0 Å². The van der Waals surface area contributed by atoms with E-state index in [0.29, 0.717) is 7.25 Å². The zero-order valence-corrected chi connectivity index (χ0v) is 35.2. The van der Waals surface area contributed by atoms with Crippen LogP contribution in [0, 0.1) is 0 Å². The van der Waals surface area contributed by atoms with Gasteiger partial charge in [-0.15, -0.1) is 0 Å². The van der Waals surface area contributed by atoms with Crippen LogP contribution in [-0.4, -0.2) is 8.07 Å². The topological polar surface area (TPSA) is 0 Å². The second-order valence-corrected chi connectivity index (χ2v) is 23.7. The van der Waals surface area contributed by atoms with E-state index in [1.165, 1.54) is 110 Å². The SMILES string of the molecule is CCCCC1=C2c3c(-c4ccc(CCCC)cc4)cccc3[CH]1[Zr][CH]1C(CCCC)=C(c3c(-c4ccc(CCCC)cc4)cccc31)[Si]2(C)C. The molecule has 0 fully saturated rings. The number of aryl methyl sites for hydroxylation is 2. The number of allylic oxidation sites excluding steroid dienone is 2. The molecule has 1 heterocycles. The monoisotopic (exact) mass is 752 g/mol. The Balaban J connectivity index is 1.43. The standard InChI is InChI=1S/C48H58Si.Zr/c1-7-11-17-35-25-29-37(30-26-35)43-23-15-21-39-33-41(19-13-9-3)47(45(39)43)49(5,6)48-42(20-14-10-4)34-40-22-16-24-44(46(40)48)38-31-27-36(28-32-38)18-12-8-2;/h15-16,21-34H,7-14,17-20H2,1-6H3;. The quantitative estimate of drug-likeness (QED) is 0.113. The Morgan fingerprint density at radius 2 is 0.860 bits per heavy atom. The van der Waals surface area contributed by atoms with Crippen LogP contribution in [0.5, 0.6) is 0 Å². The molecule has 0 aromatic heterocycles. The summed E-state index contributed by atoms with van der Waals surface area (Å²) < 4.78 is 1.36. The van der Waals surface area contributed by atoms with Gasteiger partial charge in [-0.25, -0.2) is 0 Å². The van der Waals surface area contributed by atoms with Crippen LogP contribution in [0.4, 0.5) is 0 Å². The van der Waals surface area contributed by atoms with Crippen LogP contribution >= 0.6 is 0 Å². The van der Waals surface area contributed by atoms with E-state index < -0.39 is 31.3 Å². The van der Waals surface area contributed by atoms with Gasteiger partial charge < -0.3 is 0 Å². The summed E-state index contributed by atoms with van der Waals surface area (Å²) in [5.41, 5.74) is 19.3. The molecule has 258 valence electrons. The first-order valence-corrected chi connectivity index (χ1v) is 25.9. The molecular weight excluding hydrogens is 696 g/mol. The summed E-state index contributed by atoms with van der Waals surface area (Å²) in [6.45, 7) is 14.9. The van der Waals surface area contributed by atoms with Crippen molar-refractivity contribution in [2.24, 2.45) is 0 Å². The van der Waals surface area contributed by atoms with Crippen molar-refractivity contribution in [3.8, 4) is 22.3 Å². The molecule has 1 aliphatic heterocycles. The molecule has 0 saturated carbocycles. The first kappa shape index (κ1) is 35.8. The Hall–Kier alpha value is -2.54. The van der Waals surface area contributed by atoms with Crippen LogP contribution in [-0.2, 0) is 36.1 Å². The van der Waals surface area contributed by atoms with Crippen molar-refractivity contribution < 1.29 is 23.2 Å². The Morgan fingerprint density at radius 3 is 1.24 bits per heavy atom. The Labute approximate surface area is 316 Å². The third-order valence-electron chi connectivity index (χ3n) is 12.0. The molecule has 0 spiro atoms. The maximum atomic E-state index is 2.76. The third-order valence-corrected chi connectivity index (χ3v) is 20.5. The van der Waals surface area contributed by atoms with Crippen LogP contribution in [0.1, 0.15) is 133 Å². The average Bonchev–Trinajstić information content (AvgIpc) is 3.65. The van der Waals surface area contributed by atoms with Crippen molar-refractivity contribution >= 4 is 18.5 Å². The fraction of sp³-hybridized carbons (Fsp3) is 0.417. The first-order valence-electron chi connectivity index (χ1n) is 20.1. The van der Waals surface area contributed by atoms with E-state index in [0.717, 1.165) is 0 Å². The number of rotatable bonds is 14. The number of unbranched alkanes of at least 4 members (excludes halogenated alkanes) is 4. The van der Waals surface area contributed by atoms with Gasteiger partial charge in [0.25, 0.3) is 0 Å². The molecule has 2 aliphatic carbocycles. The minimum atomic E-state index is -2.18. The maximum absolute atomic E-state index is 2.76. The van der Waals surface area contributed by atoms with Crippen molar-refractivity contribution in [2.75, 3.05) is 0 Å². The van der Waals surface area contributed by atoms with Gasteiger partial charge in [0.2, 0.25) is 0 Å². The van der Waals surface area contributed by atoms with Gasteiger partial charge in [-0.2, -0.15) is 0 Å². The molecule has 0 amide bonds. The molecule has 2 unspecified atom stereocenters. The second kappa shape index (κ2) is 15.6. The fourth-order valence-electron chi connectivity index (χ4n) is 9.48. The van der Waals surface area contributed by atoms with E-state index in [4.69, 9.17) is 0 Å².